The van der Waals surface area contributed by atoms with Crippen LogP contribution in [0.3, 0.4) is 0 Å². The molecule has 6 nitrogen and oxygen atoms in total. The molecule has 0 radical (unpaired) electrons. The minimum Gasteiger partial charge on any atom is -0.377 e. The van der Waals surface area contributed by atoms with Gasteiger partial charge in [-0.2, -0.15) is 0 Å². The van der Waals surface area contributed by atoms with E-state index in [1.807, 2.05) is 12.2 Å². The Morgan fingerprint density at radius 1 is 0.632 bits per heavy atom. The first-order valence-corrected chi connectivity index (χ1v) is 9.89. The molecule has 0 saturated heterocycles. The maximum Gasteiger partial charge on any atom is 0.504 e. The molecule has 0 aromatic heterocycles. The third-order valence-electron chi connectivity index (χ3n) is 3.02. The summed E-state index contributed by atoms with van der Waals surface area (Å²) in [4.78, 5) is 0. The standard InChI is InChI=1S/C11H26O6Si2/c1-12-18(13-2,14-3)10-8-7-9-11-19(15-4,16-5)17-6/h7-8H,9-11H2,1-6H3/b8-7+. The van der Waals surface area contributed by atoms with Gasteiger partial charge >= 0.3 is 17.6 Å². The van der Waals surface area contributed by atoms with Crippen LogP contribution >= 0.6 is 0 Å². The van der Waals surface area contributed by atoms with Crippen LogP contribution in [0.4, 0.5) is 0 Å². The lowest BCUT2D eigenvalue weighted by Gasteiger charge is -2.24. The molecule has 0 aromatic rings. The third-order valence-corrected chi connectivity index (χ3v) is 8.39. The van der Waals surface area contributed by atoms with Gasteiger partial charge in [0.25, 0.3) is 0 Å². The Kier molecular flexibility index (Phi) is 9.74. The van der Waals surface area contributed by atoms with E-state index >= 15 is 0 Å². The summed E-state index contributed by atoms with van der Waals surface area (Å²) in [6, 6.07) is 1.37. The molecule has 0 spiro atoms. The SMILES string of the molecule is CO[Si](C/C=C/CC[Si](OC)(OC)OC)(OC)OC. The third kappa shape index (κ3) is 5.84. The molecule has 19 heavy (non-hydrogen) atoms. The van der Waals surface area contributed by atoms with Crippen LogP contribution in [-0.2, 0) is 26.6 Å². The van der Waals surface area contributed by atoms with E-state index in [4.69, 9.17) is 26.6 Å². The molecule has 0 unspecified atom stereocenters. The molecular weight excluding hydrogens is 284 g/mol. The zero-order valence-corrected chi connectivity index (χ0v) is 14.7. The highest BCUT2D eigenvalue weighted by molar-refractivity contribution is 6.61. The van der Waals surface area contributed by atoms with Crippen molar-refractivity contribution in [1.82, 2.24) is 0 Å². The lowest BCUT2D eigenvalue weighted by Crippen LogP contribution is -2.42. The second-order valence-corrected chi connectivity index (χ2v) is 9.89. The van der Waals surface area contributed by atoms with Crippen LogP contribution < -0.4 is 0 Å². The molecule has 0 aliphatic carbocycles. The Balaban J connectivity index is 4.23. The fourth-order valence-corrected chi connectivity index (χ4v) is 4.75. The van der Waals surface area contributed by atoms with Crippen LogP contribution in [0.15, 0.2) is 12.2 Å². The van der Waals surface area contributed by atoms with E-state index in [0.29, 0.717) is 6.04 Å². The fourth-order valence-electron chi connectivity index (χ4n) is 1.66. The first-order valence-electron chi connectivity index (χ1n) is 6.03. The van der Waals surface area contributed by atoms with Crippen LogP contribution in [0, 0.1) is 0 Å². The van der Waals surface area contributed by atoms with E-state index in [9.17, 15) is 0 Å². The molecule has 0 fully saturated rings. The molecule has 0 bridgehead atoms. The van der Waals surface area contributed by atoms with Crippen LogP contribution in [0.25, 0.3) is 0 Å². The summed E-state index contributed by atoms with van der Waals surface area (Å²) < 4.78 is 32.0. The molecule has 0 aromatic carbocycles. The molecule has 0 rings (SSSR count). The van der Waals surface area contributed by atoms with E-state index < -0.39 is 17.6 Å². The zero-order valence-electron chi connectivity index (χ0n) is 12.7. The van der Waals surface area contributed by atoms with E-state index in [2.05, 4.69) is 0 Å². The van der Waals surface area contributed by atoms with Gasteiger partial charge in [0.1, 0.15) is 0 Å². The Morgan fingerprint density at radius 3 is 1.42 bits per heavy atom. The molecule has 0 N–H and O–H groups in total. The lowest BCUT2D eigenvalue weighted by atomic mass is 10.4. The molecule has 0 aliphatic rings. The van der Waals surface area contributed by atoms with E-state index in [0.717, 1.165) is 12.5 Å². The van der Waals surface area contributed by atoms with Crippen LogP contribution in [0.5, 0.6) is 0 Å². The minimum absolute atomic E-state index is 0.637. The van der Waals surface area contributed by atoms with Crippen molar-refractivity contribution in [1.29, 1.82) is 0 Å². The maximum atomic E-state index is 5.34. The van der Waals surface area contributed by atoms with Crippen molar-refractivity contribution in [2.45, 2.75) is 18.5 Å². The molecule has 114 valence electrons. The lowest BCUT2D eigenvalue weighted by molar-refractivity contribution is 0.124. The molecule has 0 atom stereocenters. The minimum atomic E-state index is -2.51. The predicted octanol–water partition coefficient (Wildman–Crippen LogP) is 1.69. The maximum absolute atomic E-state index is 5.34. The molecule has 0 heterocycles. The highest BCUT2D eigenvalue weighted by Crippen LogP contribution is 2.17. The second-order valence-electron chi connectivity index (χ2n) is 3.80. The molecule has 0 aliphatic heterocycles. The van der Waals surface area contributed by atoms with Crippen molar-refractivity contribution in [2.24, 2.45) is 0 Å². The van der Waals surface area contributed by atoms with Crippen molar-refractivity contribution in [3.05, 3.63) is 12.2 Å². The second kappa shape index (κ2) is 9.78. The van der Waals surface area contributed by atoms with Gasteiger partial charge in [-0.25, -0.2) is 0 Å². The van der Waals surface area contributed by atoms with Crippen molar-refractivity contribution in [3.8, 4) is 0 Å². The summed E-state index contributed by atoms with van der Waals surface area (Å²) in [6.07, 6.45) is 4.85. The molecule has 8 heteroatoms. The van der Waals surface area contributed by atoms with Crippen LogP contribution in [0.1, 0.15) is 6.42 Å². The molecular formula is C11H26O6Si2. The van der Waals surface area contributed by atoms with Gasteiger partial charge in [0.15, 0.2) is 0 Å². The van der Waals surface area contributed by atoms with Gasteiger partial charge in [0, 0.05) is 54.7 Å². The average molecular weight is 310 g/mol. The Labute approximate surface area is 118 Å². The monoisotopic (exact) mass is 310 g/mol. The van der Waals surface area contributed by atoms with Gasteiger partial charge in [-0.1, -0.05) is 12.2 Å². The van der Waals surface area contributed by atoms with E-state index in [1.165, 1.54) is 0 Å². The smallest absolute Gasteiger partial charge is 0.377 e. The number of hydrogen-bond donors (Lipinski definition) is 0. The highest BCUT2D eigenvalue weighted by atomic mass is 28.4. The van der Waals surface area contributed by atoms with Gasteiger partial charge < -0.3 is 26.6 Å². The van der Waals surface area contributed by atoms with Crippen molar-refractivity contribution < 1.29 is 26.6 Å². The van der Waals surface area contributed by atoms with Crippen LogP contribution in [0.2, 0.25) is 12.1 Å². The van der Waals surface area contributed by atoms with E-state index in [1.54, 1.807) is 42.7 Å². The molecule has 0 amide bonds. The summed E-state index contributed by atoms with van der Waals surface area (Å²) in [6.45, 7) is 0. The fraction of sp³-hybridized carbons (Fsp3) is 0.818. The predicted molar refractivity (Wildman–Crippen MR) is 76.9 cm³/mol. The quantitative estimate of drug-likeness (QED) is 0.427. The van der Waals surface area contributed by atoms with Crippen molar-refractivity contribution in [2.75, 3.05) is 42.7 Å². The molecule has 0 saturated carbocycles. The van der Waals surface area contributed by atoms with Gasteiger partial charge in [-0.05, 0) is 6.42 Å². The number of allylic oxidation sites excluding steroid dienone is 2. The summed E-state index contributed by atoms with van der Waals surface area (Å²) in [7, 11) is 4.67. The zero-order chi connectivity index (χ0) is 14.8. The van der Waals surface area contributed by atoms with Gasteiger partial charge in [-0.3, -0.25) is 0 Å². The first kappa shape index (κ1) is 18.9. The number of hydrogen-bond acceptors (Lipinski definition) is 6. The number of rotatable bonds is 11. The summed E-state index contributed by atoms with van der Waals surface area (Å²) in [5, 5.41) is 0. The average Bonchev–Trinajstić information content (AvgIpc) is 2.48. The Morgan fingerprint density at radius 2 is 1.05 bits per heavy atom. The van der Waals surface area contributed by atoms with Crippen LogP contribution in [-0.4, -0.2) is 60.3 Å². The first-order chi connectivity index (χ1) is 9.07. The Hall–Kier alpha value is -0.0662. The normalized spacial score (nSPS) is 13.4. The summed E-state index contributed by atoms with van der Waals surface area (Å²) >= 11 is 0. The highest BCUT2D eigenvalue weighted by Gasteiger charge is 2.37. The van der Waals surface area contributed by atoms with Crippen molar-refractivity contribution in [3.63, 3.8) is 0 Å². The van der Waals surface area contributed by atoms with Crippen molar-refractivity contribution >= 4 is 17.6 Å². The largest absolute Gasteiger partial charge is 0.504 e. The van der Waals surface area contributed by atoms with E-state index in [-0.39, 0.29) is 0 Å². The van der Waals surface area contributed by atoms with Gasteiger partial charge in [-0.15, -0.1) is 0 Å². The van der Waals surface area contributed by atoms with Gasteiger partial charge in [0.05, 0.1) is 0 Å². The summed E-state index contributed by atoms with van der Waals surface area (Å²) in [5.74, 6) is 0. The van der Waals surface area contributed by atoms with Gasteiger partial charge in [0.2, 0.25) is 0 Å². The Bertz CT molecular complexity index is 237. The topological polar surface area (TPSA) is 55.4 Å². The summed E-state index contributed by atoms with van der Waals surface area (Å²) in [5.41, 5.74) is 0.